The van der Waals surface area contributed by atoms with E-state index >= 15 is 0 Å². The highest BCUT2D eigenvalue weighted by molar-refractivity contribution is 5.71. The van der Waals surface area contributed by atoms with E-state index in [-0.39, 0.29) is 31.1 Å². The lowest BCUT2D eigenvalue weighted by atomic mass is 10.0. The zero-order chi connectivity index (χ0) is 41.0. The Balaban J connectivity index is 4.27. The molecule has 0 unspecified atom stereocenters. The first kappa shape index (κ1) is 54.4. The zero-order valence-corrected chi connectivity index (χ0v) is 38.1. The Morgan fingerprint density at radius 2 is 0.589 bits per heavy atom. The minimum absolute atomic E-state index is 0.0637. The van der Waals surface area contributed by atoms with Crippen molar-refractivity contribution in [3.05, 3.63) is 0 Å². The van der Waals surface area contributed by atoms with Crippen LogP contribution in [0.4, 0.5) is 0 Å². The lowest BCUT2D eigenvalue weighted by Gasteiger charge is -2.18. The van der Waals surface area contributed by atoms with Crippen LogP contribution in [-0.2, 0) is 28.6 Å². The molecule has 0 saturated carbocycles. The maximum atomic E-state index is 12.8. The van der Waals surface area contributed by atoms with Crippen LogP contribution in [0.5, 0.6) is 0 Å². The van der Waals surface area contributed by atoms with Gasteiger partial charge in [0.2, 0.25) is 0 Å². The molecule has 0 aromatic rings. The summed E-state index contributed by atoms with van der Waals surface area (Å²) in [5, 5.41) is 0. The Morgan fingerprint density at radius 3 is 0.875 bits per heavy atom. The minimum Gasteiger partial charge on any atom is -0.462 e. The monoisotopic (exact) mass is 793 g/mol. The van der Waals surface area contributed by atoms with Gasteiger partial charge in [0.25, 0.3) is 0 Å². The Bertz CT molecular complexity index is 841. The predicted octanol–water partition coefficient (Wildman–Crippen LogP) is 15.9. The third-order valence-corrected chi connectivity index (χ3v) is 11.3. The molecule has 6 nitrogen and oxygen atoms in total. The van der Waals surface area contributed by atoms with Crippen molar-refractivity contribution in [3.63, 3.8) is 0 Å². The van der Waals surface area contributed by atoms with Gasteiger partial charge in [0.05, 0.1) is 0 Å². The smallest absolute Gasteiger partial charge is 0.306 e. The number of esters is 3. The first-order valence-corrected chi connectivity index (χ1v) is 24.9. The lowest BCUT2D eigenvalue weighted by Crippen LogP contribution is -2.30. The van der Waals surface area contributed by atoms with E-state index in [0.717, 1.165) is 63.7 Å². The molecular formula is C50H96O6. The van der Waals surface area contributed by atoms with Gasteiger partial charge in [-0.25, -0.2) is 0 Å². The first-order chi connectivity index (χ1) is 27.4. The normalized spacial score (nSPS) is 11.9. The number of hydrogen-bond acceptors (Lipinski definition) is 6. The number of unbranched alkanes of at least 4 members (excludes halogenated alkanes) is 32. The molecule has 332 valence electrons. The quantitative estimate of drug-likeness (QED) is 0.0347. The van der Waals surface area contributed by atoms with Crippen LogP contribution in [0.2, 0.25) is 0 Å². The number of ether oxygens (including phenoxy) is 3. The van der Waals surface area contributed by atoms with Crippen molar-refractivity contribution in [1.82, 2.24) is 0 Å². The second-order valence-electron chi connectivity index (χ2n) is 17.6. The van der Waals surface area contributed by atoms with E-state index in [1.807, 2.05) is 0 Å². The van der Waals surface area contributed by atoms with E-state index in [1.54, 1.807) is 0 Å². The second-order valence-corrected chi connectivity index (χ2v) is 17.6. The van der Waals surface area contributed by atoms with Crippen molar-refractivity contribution in [2.75, 3.05) is 13.2 Å². The molecule has 0 aromatic heterocycles. The summed E-state index contributed by atoms with van der Waals surface area (Å²) >= 11 is 0. The van der Waals surface area contributed by atoms with E-state index in [2.05, 4.69) is 27.7 Å². The van der Waals surface area contributed by atoms with Gasteiger partial charge < -0.3 is 14.2 Å². The maximum absolute atomic E-state index is 12.8. The molecule has 0 N–H and O–H groups in total. The standard InChI is InChI=1S/C50H96O6/c1-5-7-9-11-13-15-17-18-19-20-21-22-23-25-31-35-39-43-50(53)56-47(44-54-48(51)41-37-33-29-24-16-14-12-10-8-6-2)45-55-49(52)42-38-34-30-27-26-28-32-36-40-46(3)4/h46-47H,5-45H2,1-4H3/t47-/m0/s1. The predicted molar refractivity (Wildman–Crippen MR) is 238 cm³/mol. The Morgan fingerprint density at radius 1 is 0.339 bits per heavy atom. The van der Waals surface area contributed by atoms with Gasteiger partial charge in [-0.2, -0.15) is 0 Å². The van der Waals surface area contributed by atoms with Gasteiger partial charge in [-0.05, 0) is 25.2 Å². The van der Waals surface area contributed by atoms with Gasteiger partial charge in [-0.15, -0.1) is 0 Å². The highest BCUT2D eigenvalue weighted by Crippen LogP contribution is 2.17. The van der Waals surface area contributed by atoms with Crippen LogP contribution in [-0.4, -0.2) is 37.2 Å². The number of hydrogen-bond donors (Lipinski definition) is 0. The van der Waals surface area contributed by atoms with Gasteiger partial charge >= 0.3 is 17.9 Å². The van der Waals surface area contributed by atoms with Crippen LogP contribution in [0, 0.1) is 5.92 Å². The van der Waals surface area contributed by atoms with Gasteiger partial charge in [0, 0.05) is 19.3 Å². The van der Waals surface area contributed by atoms with Gasteiger partial charge in [-0.1, -0.05) is 240 Å². The van der Waals surface area contributed by atoms with Crippen molar-refractivity contribution in [1.29, 1.82) is 0 Å². The molecule has 56 heavy (non-hydrogen) atoms. The van der Waals surface area contributed by atoms with Crippen molar-refractivity contribution in [2.24, 2.45) is 5.92 Å². The molecule has 0 heterocycles. The highest BCUT2D eigenvalue weighted by atomic mass is 16.6. The molecule has 0 aliphatic carbocycles. The number of carbonyl (C=O) groups is 3. The summed E-state index contributed by atoms with van der Waals surface area (Å²) in [4.78, 5) is 37.8. The van der Waals surface area contributed by atoms with Gasteiger partial charge in [0.1, 0.15) is 13.2 Å². The maximum Gasteiger partial charge on any atom is 0.306 e. The molecule has 0 amide bonds. The third-order valence-electron chi connectivity index (χ3n) is 11.3. The van der Waals surface area contributed by atoms with Crippen LogP contribution < -0.4 is 0 Å². The molecule has 0 aliphatic heterocycles. The van der Waals surface area contributed by atoms with Crippen LogP contribution in [0.15, 0.2) is 0 Å². The molecule has 0 saturated heterocycles. The average Bonchev–Trinajstić information content (AvgIpc) is 3.18. The summed E-state index contributed by atoms with van der Waals surface area (Å²) in [7, 11) is 0. The Hall–Kier alpha value is -1.59. The van der Waals surface area contributed by atoms with E-state index in [0.29, 0.717) is 19.3 Å². The number of carbonyl (C=O) groups excluding carboxylic acids is 3. The van der Waals surface area contributed by atoms with Crippen LogP contribution >= 0.6 is 0 Å². The Kier molecular flexibility index (Phi) is 43.2. The fourth-order valence-electron chi connectivity index (χ4n) is 7.51. The van der Waals surface area contributed by atoms with Crippen LogP contribution in [0.25, 0.3) is 0 Å². The van der Waals surface area contributed by atoms with Crippen LogP contribution in [0.3, 0.4) is 0 Å². The molecule has 0 fully saturated rings. The fraction of sp³-hybridized carbons (Fsp3) is 0.940. The number of rotatable bonds is 45. The zero-order valence-electron chi connectivity index (χ0n) is 38.1. The largest absolute Gasteiger partial charge is 0.462 e. The SMILES string of the molecule is CCCCCCCCCCCCCCCCCCCC(=O)O[C@@H](COC(=O)CCCCCCCCCCCC)COC(=O)CCCCCCCCCCC(C)C. The minimum atomic E-state index is -0.760. The second kappa shape index (κ2) is 44.5. The molecule has 0 aromatic carbocycles. The summed E-state index contributed by atoms with van der Waals surface area (Å²) in [6, 6.07) is 0. The van der Waals surface area contributed by atoms with Crippen molar-refractivity contribution >= 4 is 17.9 Å². The molecule has 6 heteroatoms. The van der Waals surface area contributed by atoms with Crippen molar-refractivity contribution in [3.8, 4) is 0 Å². The third kappa shape index (κ3) is 43.5. The topological polar surface area (TPSA) is 78.9 Å². The van der Waals surface area contributed by atoms with E-state index in [9.17, 15) is 14.4 Å². The summed E-state index contributed by atoms with van der Waals surface area (Å²) in [6.45, 7) is 8.97. The summed E-state index contributed by atoms with van der Waals surface area (Å²) in [5.41, 5.74) is 0. The molecule has 0 rings (SSSR count). The molecule has 0 radical (unpaired) electrons. The van der Waals surface area contributed by atoms with E-state index < -0.39 is 6.10 Å². The van der Waals surface area contributed by atoms with E-state index in [1.165, 1.54) is 173 Å². The molecule has 1 atom stereocenters. The van der Waals surface area contributed by atoms with Crippen molar-refractivity contribution < 1.29 is 28.6 Å². The Labute approximate surface area is 348 Å². The summed E-state index contributed by atoms with van der Waals surface area (Å²) in [6.07, 6.45) is 45.2. The summed E-state index contributed by atoms with van der Waals surface area (Å²) in [5.74, 6) is -0.0543. The average molecular weight is 793 g/mol. The highest BCUT2D eigenvalue weighted by Gasteiger charge is 2.19. The molecular weight excluding hydrogens is 697 g/mol. The van der Waals surface area contributed by atoms with E-state index in [4.69, 9.17) is 14.2 Å². The van der Waals surface area contributed by atoms with Gasteiger partial charge in [-0.3, -0.25) is 14.4 Å². The summed E-state index contributed by atoms with van der Waals surface area (Å²) < 4.78 is 16.8. The van der Waals surface area contributed by atoms with Crippen LogP contribution in [0.1, 0.15) is 278 Å². The molecule has 0 bridgehead atoms. The van der Waals surface area contributed by atoms with Gasteiger partial charge in [0.15, 0.2) is 6.10 Å². The van der Waals surface area contributed by atoms with Crippen molar-refractivity contribution in [2.45, 2.75) is 284 Å². The lowest BCUT2D eigenvalue weighted by molar-refractivity contribution is -0.167. The molecule has 0 aliphatic rings. The fourth-order valence-corrected chi connectivity index (χ4v) is 7.51. The molecule has 0 spiro atoms. The first-order valence-electron chi connectivity index (χ1n) is 24.9.